The molecule has 0 aliphatic heterocycles. The van der Waals surface area contributed by atoms with Crippen molar-refractivity contribution in [2.24, 2.45) is 0 Å². The molecule has 1 aromatic rings. The van der Waals surface area contributed by atoms with Gasteiger partial charge >= 0.3 is 0 Å². The quantitative estimate of drug-likeness (QED) is 0.774. The second-order valence-electron chi connectivity index (χ2n) is 5.73. The van der Waals surface area contributed by atoms with Crippen LogP contribution in [0.2, 0.25) is 0 Å². The van der Waals surface area contributed by atoms with Gasteiger partial charge in [-0.25, -0.2) is 0 Å². The van der Waals surface area contributed by atoms with Crippen LogP contribution in [0.15, 0.2) is 24.3 Å². The van der Waals surface area contributed by atoms with Crippen LogP contribution in [-0.4, -0.2) is 36.0 Å². The van der Waals surface area contributed by atoms with Gasteiger partial charge in [0.1, 0.15) is 0 Å². The molecule has 4 heteroatoms. The second-order valence-corrected chi connectivity index (χ2v) is 5.73. The molecule has 0 atom stereocenters. The number of para-hydroxylation sites is 1. The first-order valence-electron chi connectivity index (χ1n) is 7.81. The number of rotatable bonds is 8. The SMILES string of the molecule is CCNC(C)(C)C(=O)Nc1ccccc1CN(CC)CC. The van der Waals surface area contributed by atoms with Crippen molar-refractivity contribution < 1.29 is 4.79 Å². The van der Waals surface area contributed by atoms with Gasteiger partial charge < -0.3 is 10.6 Å². The summed E-state index contributed by atoms with van der Waals surface area (Å²) in [5, 5.41) is 6.26. The average Bonchev–Trinajstić information content (AvgIpc) is 2.46. The number of carbonyl (C=O) groups is 1. The van der Waals surface area contributed by atoms with Gasteiger partial charge in [-0.05, 0) is 45.1 Å². The number of nitrogens with one attached hydrogen (secondary N) is 2. The van der Waals surface area contributed by atoms with Crippen LogP contribution in [0.3, 0.4) is 0 Å². The molecule has 0 spiro atoms. The number of hydrogen-bond acceptors (Lipinski definition) is 3. The minimum Gasteiger partial charge on any atom is -0.324 e. The van der Waals surface area contributed by atoms with E-state index in [9.17, 15) is 4.79 Å². The van der Waals surface area contributed by atoms with Crippen LogP contribution < -0.4 is 10.6 Å². The fourth-order valence-electron chi connectivity index (χ4n) is 2.27. The van der Waals surface area contributed by atoms with Crippen molar-refractivity contribution in [1.29, 1.82) is 0 Å². The van der Waals surface area contributed by atoms with Crippen LogP contribution in [0.1, 0.15) is 40.2 Å². The summed E-state index contributed by atoms with van der Waals surface area (Å²) in [6.45, 7) is 13.7. The predicted molar refractivity (Wildman–Crippen MR) is 89.5 cm³/mol. The highest BCUT2D eigenvalue weighted by Crippen LogP contribution is 2.19. The van der Waals surface area contributed by atoms with Crippen LogP contribution in [0, 0.1) is 0 Å². The Hall–Kier alpha value is -1.39. The van der Waals surface area contributed by atoms with Crippen molar-refractivity contribution in [3.63, 3.8) is 0 Å². The van der Waals surface area contributed by atoms with Crippen LogP contribution in [0.5, 0.6) is 0 Å². The first kappa shape index (κ1) is 17.7. The number of hydrogen-bond donors (Lipinski definition) is 2. The first-order valence-corrected chi connectivity index (χ1v) is 7.81. The number of benzene rings is 1. The van der Waals surface area contributed by atoms with E-state index in [2.05, 4.69) is 35.4 Å². The van der Waals surface area contributed by atoms with Gasteiger partial charge in [0.2, 0.25) is 5.91 Å². The van der Waals surface area contributed by atoms with Crippen molar-refractivity contribution in [1.82, 2.24) is 10.2 Å². The number of nitrogens with zero attached hydrogens (tertiary/aromatic N) is 1. The molecule has 1 aromatic carbocycles. The molecular weight excluding hydrogens is 262 g/mol. The van der Waals surface area contributed by atoms with E-state index < -0.39 is 5.54 Å². The lowest BCUT2D eigenvalue weighted by atomic mass is 10.0. The van der Waals surface area contributed by atoms with Crippen LogP contribution in [-0.2, 0) is 11.3 Å². The molecule has 0 heterocycles. The highest BCUT2D eigenvalue weighted by molar-refractivity contribution is 5.98. The van der Waals surface area contributed by atoms with Gasteiger partial charge in [0.25, 0.3) is 0 Å². The highest BCUT2D eigenvalue weighted by Gasteiger charge is 2.26. The number of amides is 1. The molecule has 0 fully saturated rings. The maximum Gasteiger partial charge on any atom is 0.244 e. The maximum atomic E-state index is 12.4. The molecule has 1 amide bonds. The second kappa shape index (κ2) is 8.15. The largest absolute Gasteiger partial charge is 0.324 e. The fourth-order valence-corrected chi connectivity index (χ4v) is 2.27. The van der Waals surface area contributed by atoms with Gasteiger partial charge in [-0.1, -0.05) is 39.0 Å². The summed E-state index contributed by atoms with van der Waals surface area (Å²) in [6.07, 6.45) is 0. The molecule has 4 nitrogen and oxygen atoms in total. The zero-order valence-corrected chi connectivity index (χ0v) is 14.0. The summed E-state index contributed by atoms with van der Waals surface area (Å²) in [6, 6.07) is 8.03. The minimum atomic E-state index is -0.572. The molecule has 0 saturated heterocycles. The summed E-state index contributed by atoms with van der Waals surface area (Å²) >= 11 is 0. The first-order chi connectivity index (χ1) is 9.94. The Kier molecular flexibility index (Phi) is 6.85. The van der Waals surface area contributed by atoms with Crippen molar-refractivity contribution >= 4 is 11.6 Å². The lowest BCUT2D eigenvalue weighted by molar-refractivity contribution is -0.121. The third-order valence-corrected chi connectivity index (χ3v) is 3.74. The summed E-state index contributed by atoms with van der Waals surface area (Å²) in [4.78, 5) is 14.7. The van der Waals surface area contributed by atoms with E-state index in [1.165, 1.54) is 0 Å². The Morgan fingerprint density at radius 2 is 1.76 bits per heavy atom. The van der Waals surface area contributed by atoms with Crippen LogP contribution >= 0.6 is 0 Å². The maximum absolute atomic E-state index is 12.4. The van der Waals surface area contributed by atoms with Gasteiger partial charge in [-0.15, -0.1) is 0 Å². The molecule has 0 unspecified atom stereocenters. The Labute approximate surface area is 128 Å². The van der Waals surface area contributed by atoms with Crippen molar-refractivity contribution in [3.8, 4) is 0 Å². The molecule has 0 radical (unpaired) electrons. The fraction of sp³-hybridized carbons (Fsp3) is 0.588. The van der Waals surface area contributed by atoms with Gasteiger partial charge in [0.05, 0.1) is 5.54 Å². The lowest BCUT2D eigenvalue weighted by Crippen LogP contribution is -2.49. The van der Waals surface area contributed by atoms with Crippen LogP contribution in [0.25, 0.3) is 0 Å². The summed E-state index contributed by atoms with van der Waals surface area (Å²) in [5.74, 6) is -0.00338. The molecule has 2 N–H and O–H groups in total. The van der Waals surface area contributed by atoms with Gasteiger partial charge in [-0.2, -0.15) is 0 Å². The highest BCUT2D eigenvalue weighted by atomic mass is 16.2. The van der Waals surface area contributed by atoms with E-state index in [-0.39, 0.29) is 5.91 Å². The lowest BCUT2D eigenvalue weighted by Gasteiger charge is -2.26. The summed E-state index contributed by atoms with van der Waals surface area (Å²) in [5.41, 5.74) is 1.49. The monoisotopic (exact) mass is 291 g/mol. The third kappa shape index (κ3) is 5.14. The van der Waals surface area contributed by atoms with E-state index in [0.29, 0.717) is 0 Å². The summed E-state index contributed by atoms with van der Waals surface area (Å²) < 4.78 is 0. The summed E-state index contributed by atoms with van der Waals surface area (Å²) in [7, 11) is 0. The number of anilines is 1. The molecule has 0 aliphatic carbocycles. The Morgan fingerprint density at radius 3 is 2.33 bits per heavy atom. The van der Waals surface area contributed by atoms with E-state index in [1.54, 1.807) is 0 Å². The zero-order valence-electron chi connectivity index (χ0n) is 14.0. The average molecular weight is 291 g/mol. The molecule has 0 aliphatic rings. The van der Waals surface area contributed by atoms with E-state index in [0.717, 1.165) is 37.4 Å². The standard InChI is InChI=1S/C17H29N3O/c1-6-18-17(4,5)16(21)19-15-12-10-9-11-14(15)13-20(7-2)8-3/h9-12,18H,6-8,13H2,1-5H3,(H,19,21). The number of likely N-dealkylation sites (N-methyl/N-ethyl adjacent to an activating group) is 1. The molecular formula is C17H29N3O. The normalized spacial score (nSPS) is 11.7. The molecule has 118 valence electrons. The molecule has 0 saturated carbocycles. The molecule has 1 rings (SSSR count). The third-order valence-electron chi connectivity index (χ3n) is 3.74. The van der Waals surface area contributed by atoms with E-state index in [1.807, 2.05) is 39.0 Å². The smallest absolute Gasteiger partial charge is 0.244 e. The van der Waals surface area contributed by atoms with Gasteiger partial charge in [0, 0.05) is 12.2 Å². The Morgan fingerprint density at radius 1 is 1.14 bits per heavy atom. The topological polar surface area (TPSA) is 44.4 Å². The van der Waals surface area contributed by atoms with Crippen molar-refractivity contribution in [2.75, 3.05) is 25.0 Å². The van der Waals surface area contributed by atoms with Gasteiger partial charge in [-0.3, -0.25) is 9.69 Å². The Bertz CT molecular complexity index is 453. The van der Waals surface area contributed by atoms with E-state index in [4.69, 9.17) is 0 Å². The predicted octanol–water partition coefficient (Wildman–Crippen LogP) is 2.86. The van der Waals surface area contributed by atoms with E-state index >= 15 is 0 Å². The van der Waals surface area contributed by atoms with Crippen molar-refractivity contribution in [3.05, 3.63) is 29.8 Å². The Balaban J connectivity index is 2.86. The number of carbonyl (C=O) groups excluding carboxylic acids is 1. The molecule has 0 bridgehead atoms. The van der Waals surface area contributed by atoms with Gasteiger partial charge in [0.15, 0.2) is 0 Å². The minimum absolute atomic E-state index is 0.00338. The zero-order chi connectivity index (χ0) is 15.9. The van der Waals surface area contributed by atoms with Crippen LogP contribution in [0.4, 0.5) is 5.69 Å². The molecule has 0 aromatic heterocycles. The van der Waals surface area contributed by atoms with Crippen molar-refractivity contribution in [2.45, 2.75) is 46.7 Å². The molecule has 21 heavy (non-hydrogen) atoms.